The maximum atomic E-state index is 14.3. The molecule has 0 spiro atoms. The second-order valence-corrected chi connectivity index (χ2v) is 11.2. The first-order valence-corrected chi connectivity index (χ1v) is 13.1. The van der Waals surface area contributed by atoms with Crippen LogP contribution >= 0.6 is 0 Å². The molecule has 0 aliphatic carbocycles. The van der Waals surface area contributed by atoms with E-state index in [1.54, 1.807) is 43.5 Å². The highest BCUT2D eigenvalue weighted by atomic mass is 32.2. The Labute approximate surface area is 210 Å². The Kier molecular flexibility index (Phi) is 5.75. The molecule has 0 saturated carbocycles. The van der Waals surface area contributed by atoms with E-state index in [9.17, 15) is 13.2 Å². The minimum absolute atomic E-state index is 0.0503. The Morgan fingerprint density at radius 2 is 1.61 bits per heavy atom. The standard InChI is InChI=1S/C29H27NO5S/c1-28(2)19-29(21-12-5-4-6-13-21,24-18-22(34-3)16-17-25(24)35-28)27(31)30-36(32,33)26-15-9-11-20-10-7-8-14-23(20)26/h4-18H,19H2,1-3H3,(H,30,31)/t29-/m0/s1. The van der Waals surface area contributed by atoms with E-state index < -0.39 is 26.9 Å². The Morgan fingerprint density at radius 1 is 0.917 bits per heavy atom. The second-order valence-electron chi connectivity index (χ2n) is 9.58. The van der Waals surface area contributed by atoms with Gasteiger partial charge in [0.2, 0.25) is 5.91 Å². The van der Waals surface area contributed by atoms with E-state index in [0.29, 0.717) is 28.0 Å². The van der Waals surface area contributed by atoms with E-state index >= 15 is 0 Å². The molecule has 36 heavy (non-hydrogen) atoms. The number of hydrogen-bond acceptors (Lipinski definition) is 5. The molecule has 0 radical (unpaired) electrons. The Morgan fingerprint density at radius 3 is 2.36 bits per heavy atom. The number of carbonyl (C=O) groups excluding carboxylic acids is 1. The summed E-state index contributed by atoms with van der Waals surface area (Å²) >= 11 is 0. The Hall–Kier alpha value is -3.84. The van der Waals surface area contributed by atoms with Crippen LogP contribution in [-0.2, 0) is 20.2 Å². The molecule has 4 aromatic rings. The summed E-state index contributed by atoms with van der Waals surface area (Å²) in [4.78, 5) is 14.4. The number of fused-ring (bicyclic) bond motifs is 2. The van der Waals surface area contributed by atoms with Gasteiger partial charge in [-0.1, -0.05) is 66.7 Å². The topological polar surface area (TPSA) is 81.7 Å². The van der Waals surface area contributed by atoms with Crippen LogP contribution in [-0.4, -0.2) is 27.0 Å². The largest absolute Gasteiger partial charge is 0.497 e. The van der Waals surface area contributed by atoms with Gasteiger partial charge in [-0.25, -0.2) is 13.1 Å². The van der Waals surface area contributed by atoms with Gasteiger partial charge in [0, 0.05) is 17.4 Å². The summed E-state index contributed by atoms with van der Waals surface area (Å²) < 4.78 is 41.5. The molecule has 1 amide bonds. The van der Waals surface area contributed by atoms with Gasteiger partial charge < -0.3 is 9.47 Å². The number of sulfonamides is 1. The van der Waals surface area contributed by atoms with Crippen molar-refractivity contribution < 1.29 is 22.7 Å². The fraction of sp³-hybridized carbons (Fsp3) is 0.207. The van der Waals surface area contributed by atoms with Crippen LogP contribution < -0.4 is 14.2 Å². The van der Waals surface area contributed by atoms with E-state index in [-0.39, 0.29) is 11.3 Å². The van der Waals surface area contributed by atoms with Gasteiger partial charge in [-0.3, -0.25) is 4.79 Å². The predicted octanol–water partition coefficient (Wildman–Crippen LogP) is 5.20. The van der Waals surface area contributed by atoms with E-state index in [2.05, 4.69) is 4.72 Å². The zero-order valence-electron chi connectivity index (χ0n) is 20.3. The third-order valence-electron chi connectivity index (χ3n) is 6.64. The molecule has 4 aromatic carbocycles. The van der Waals surface area contributed by atoms with Crippen molar-refractivity contribution in [3.8, 4) is 11.5 Å². The quantitative estimate of drug-likeness (QED) is 0.407. The van der Waals surface area contributed by atoms with Gasteiger partial charge >= 0.3 is 0 Å². The first-order valence-electron chi connectivity index (χ1n) is 11.6. The zero-order chi connectivity index (χ0) is 25.6. The molecule has 7 heteroatoms. The van der Waals surface area contributed by atoms with Gasteiger partial charge in [0.05, 0.1) is 12.0 Å². The number of ether oxygens (including phenoxy) is 2. The van der Waals surface area contributed by atoms with E-state index in [0.717, 1.165) is 5.39 Å². The van der Waals surface area contributed by atoms with Crippen LogP contribution in [0.5, 0.6) is 11.5 Å². The Balaban J connectivity index is 1.70. The lowest BCUT2D eigenvalue weighted by Gasteiger charge is -2.45. The van der Waals surface area contributed by atoms with E-state index in [1.165, 1.54) is 6.07 Å². The predicted molar refractivity (Wildman–Crippen MR) is 139 cm³/mol. The molecule has 1 atom stereocenters. The molecule has 6 nitrogen and oxygen atoms in total. The minimum Gasteiger partial charge on any atom is -0.497 e. The first-order chi connectivity index (χ1) is 17.2. The van der Waals surface area contributed by atoms with Crippen LogP contribution in [0.3, 0.4) is 0 Å². The van der Waals surface area contributed by atoms with Crippen LogP contribution in [0.2, 0.25) is 0 Å². The summed E-state index contributed by atoms with van der Waals surface area (Å²) in [6.07, 6.45) is 0.223. The van der Waals surface area contributed by atoms with E-state index in [4.69, 9.17) is 9.47 Å². The lowest BCUT2D eigenvalue weighted by atomic mass is 9.66. The normalized spacial score (nSPS) is 18.6. The fourth-order valence-electron chi connectivity index (χ4n) is 5.13. The van der Waals surface area contributed by atoms with Gasteiger partial charge in [0.1, 0.15) is 22.5 Å². The van der Waals surface area contributed by atoms with Crippen molar-refractivity contribution in [1.29, 1.82) is 0 Å². The van der Waals surface area contributed by atoms with Crippen LogP contribution in [0.15, 0.2) is 95.9 Å². The van der Waals surface area contributed by atoms with Gasteiger partial charge in [-0.2, -0.15) is 0 Å². The monoisotopic (exact) mass is 501 g/mol. The van der Waals surface area contributed by atoms with Crippen molar-refractivity contribution >= 4 is 26.7 Å². The third-order valence-corrected chi connectivity index (χ3v) is 8.03. The molecule has 184 valence electrons. The van der Waals surface area contributed by atoms with Gasteiger partial charge in [-0.05, 0) is 49.1 Å². The van der Waals surface area contributed by atoms with Crippen molar-refractivity contribution in [2.45, 2.75) is 36.2 Å². The number of nitrogens with one attached hydrogen (secondary N) is 1. The van der Waals surface area contributed by atoms with E-state index in [1.807, 2.05) is 62.4 Å². The maximum Gasteiger partial charge on any atom is 0.264 e. The molecule has 1 aliphatic rings. The summed E-state index contributed by atoms with van der Waals surface area (Å²) in [7, 11) is -2.66. The van der Waals surface area contributed by atoms with Crippen molar-refractivity contribution in [3.63, 3.8) is 0 Å². The molecule has 5 rings (SSSR count). The summed E-state index contributed by atoms with van der Waals surface area (Å²) in [5.41, 5.74) is -0.873. The first kappa shape index (κ1) is 23.9. The summed E-state index contributed by atoms with van der Waals surface area (Å²) in [5.74, 6) is 0.406. The average molecular weight is 502 g/mol. The molecule has 1 heterocycles. The fourth-order valence-corrected chi connectivity index (χ4v) is 6.40. The number of hydrogen-bond donors (Lipinski definition) is 1. The van der Waals surface area contributed by atoms with Crippen LogP contribution in [0.1, 0.15) is 31.4 Å². The van der Waals surface area contributed by atoms with Gasteiger partial charge in [0.25, 0.3) is 10.0 Å². The van der Waals surface area contributed by atoms with Gasteiger partial charge in [-0.15, -0.1) is 0 Å². The number of carbonyl (C=O) groups is 1. The maximum absolute atomic E-state index is 14.3. The highest BCUT2D eigenvalue weighted by molar-refractivity contribution is 7.90. The zero-order valence-corrected chi connectivity index (χ0v) is 21.1. The lowest BCUT2D eigenvalue weighted by molar-refractivity contribution is -0.126. The molecular weight excluding hydrogens is 474 g/mol. The van der Waals surface area contributed by atoms with Crippen molar-refractivity contribution in [2.75, 3.05) is 7.11 Å². The Bertz CT molecular complexity index is 1560. The highest BCUT2D eigenvalue weighted by Gasteiger charge is 2.52. The van der Waals surface area contributed by atoms with Crippen molar-refractivity contribution in [3.05, 3.63) is 102 Å². The molecule has 0 aromatic heterocycles. The number of benzene rings is 4. The smallest absolute Gasteiger partial charge is 0.264 e. The minimum atomic E-state index is -4.21. The molecule has 0 unspecified atom stereocenters. The van der Waals surface area contributed by atoms with Gasteiger partial charge in [0.15, 0.2) is 0 Å². The highest BCUT2D eigenvalue weighted by Crippen LogP contribution is 2.50. The van der Waals surface area contributed by atoms with Crippen LogP contribution in [0.25, 0.3) is 10.8 Å². The molecule has 0 fully saturated rings. The summed E-state index contributed by atoms with van der Waals surface area (Å²) in [5, 5.41) is 1.32. The van der Waals surface area contributed by atoms with Crippen molar-refractivity contribution in [1.82, 2.24) is 4.72 Å². The number of rotatable bonds is 5. The average Bonchev–Trinajstić information content (AvgIpc) is 2.87. The van der Waals surface area contributed by atoms with Crippen LogP contribution in [0, 0.1) is 0 Å². The summed E-state index contributed by atoms with van der Waals surface area (Å²) in [6.45, 7) is 3.79. The summed E-state index contributed by atoms with van der Waals surface area (Å²) in [6, 6.07) is 26.7. The van der Waals surface area contributed by atoms with Crippen molar-refractivity contribution in [2.24, 2.45) is 0 Å². The third kappa shape index (κ3) is 3.99. The second kappa shape index (κ2) is 8.68. The molecular formula is C29H27NO5S. The molecule has 1 aliphatic heterocycles. The van der Waals surface area contributed by atoms with Crippen LogP contribution in [0.4, 0.5) is 0 Å². The SMILES string of the molecule is COc1ccc2c(c1)[C@@](C(=O)NS(=O)(=O)c1cccc3ccccc13)(c1ccccc1)CC(C)(C)O2. The number of amides is 1. The molecule has 1 N–H and O–H groups in total. The molecule has 0 saturated heterocycles. The lowest BCUT2D eigenvalue weighted by Crippen LogP contribution is -2.54. The molecule has 0 bridgehead atoms. The number of methoxy groups -OCH3 is 1.